The van der Waals surface area contributed by atoms with Gasteiger partial charge in [0.15, 0.2) is 5.13 Å². The third kappa shape index (κ3) is 6.75. The standard InChI is InChI=1S/C24H26N4O3S/c1-17-8-9-20(18(2)14-17)28(16-22(30)26-15-19-6-4-3-5-7-19)23(31)11-10-21(29)27-24-25-12-13-32-24/h3-9,12-14H,10-11,15-16H2,1-2H3,(H,26,30)(H,25,27,29). The highest BCUT2D eigenvalue weighted by atomic mass is 32.1. The average Bonchev–Trinajstić information content (AvgIpc) is 3.28. The van der Waals surface area contributed by atoms with Gasteiger partial charge in [0.2, 0.25) is 17.7 Å². The van der Waals surface area contributed by atoms with Crippen molar-refractivity contribution in [2.24, 2.45) is 0 Å². The van der Waals surface area contributed by atoms with Crippen molar-refractivity contribution in [3.63, 3.8) is 0 Å². The van der Waals surface area contributed by atoms with E-state index in [1.54, 1.807) is 11.6 Å². The van der Waals surface area contributed by atoms with Crippen LogP contribution in [0.4, 0.5) is 10.8 Å². The Bertz CT molecular complexity index is 1070. The first-order chi connectivity index (χ1) is 15.4. The van der Waals surface area contributed by atoms with Crippen LogP contribution in [-0.4, -0.2) is 29.3 Å². The van der Waals surface area contributed by atoms with Crippen molar-refractivity contribution in [1.82, 2.24) is 10.3 Å². The second kappa shape index (κ2) is 11.2. The van der Waals surface area contributed by atoms with Gasteiger partial charge in [0.25, 0.3) is 0 Å². The van der Waals surface area contributed by atoms with Gasteiger partial charge in [0.1, 0.15) is 6.54 Å². The summed E-state index contributed by atoms with van der Waals surface area (Å²) in [7, 11) is 0. The lowest BCUT2D eigenvalue weighted by Crippen LogP contribution is -2.41. The normalized spacial score (nSPS) is 10.4. The molecule has 32 heavy (non-hydrogen) atoms. The summed E-state index contributed by atoms with van der Waals surface area (Å²) in [6, 6.07) is 15.3. The highest BCUT2D eigenvalue weighted by Crippen LogP contribution is 2.22. The van der Waals surface area contributed by atoms with E-state index in [9.17, 15) is 14.4 Å². The van der Waals surface area contributed by atoms with Crippen LogP contribution in [0.15, 0.2) is 60.1 Å². The zero-order valence-electron chi connectivity index (χ0n) is 18.1. The number of aryl methyl sites for hydroxylation is 2. The van der Waals surface area contributed by atoms with Gasteiger partial charge in [-0.25, -0.2) is 4.98 Å². The zero-order valence-corrected chi connectivity index (χ0v) is 18.9. The van der Waals surface area contributed by atoms with E-state index in [1.165, 1.54) is 16.2 Å². The fraction of sp³-hybridized carbons (Fsp3) is 0.250. The van der Waals surface area contributed by atoms with Crippen molar-refractivity contribution in [2.75, 3.05) is 16.8 Å². The number of hydrogen-bond donors (Lipinski definition) is 2. The largest absolute Gasteiger partial charge is 0.350 e. The van der Waals surface area contributed by atoms with Crippen LogP contribution in [0.1, 0.15) is 29.5 Å². The molecule has 3 rings (SSSR count). The molecule has 0 unspecified atom stereocenters. The lowest BCUT2D eigenvalue weighted by Gasteiger charge is -2.24. The predicted octanol–water partition coefficient (Wildman–Crippen LogP) is 3.83. The first-order valence-corrected chi connectivity index (χ1v) is 11.2. The maximum Gasteiger partial charge on any atom is 0.240 e. The lowest BCUT2D eigenvalue weighted by atomic mass is 10.1. The minimum absolute atomic E-state index is 0.00541. The number of rotatable bonds is 9. The molecule has 166 valence electrons. The molecule has 0 aliphatic heterocycles. The Morgan fingerprint density at radius 2 is 1.78 bits per heavy atom. The highest BCUT2D eigenvalue weighted by Gasteiger charge is 2.21. The molecule has 7 nitrogen and oxygen atoms in total. The van der Waals surface area contributed by atoms with Gasteiger partial charge in [0, 0.05) is 36.7 Å². The molecular formula is C24H26N4O3S. The smallest absolute Gasteiger partial charge is 0.240 e. The van der Waals surface area contributed by atoms with Crippen LogP contribution in [0.3, 0.4) is 0 Å². The molecule has 0 radical (unpaired) electrons. The zero-order chi connectivity index (χ0) is 22.9. The fourth-order valence-electron chi connectivity index (χ4n) is 3.23. The van der Waals surface area contributed by atoms with E-state index in [4.69, 9.17) is 0 Å². The molecule has 3 amide bonds. The van der Waals surface area contributed by atoms with E-state index >= 15 is 0 Å². The van der Waals surface area contributed by atoms with Crippen LogP contribution in [0.2, 0.25) is 0 Å². The second-order valence-corrected chi connectivity index (χ2v) is 8.31. The van der Waals surface area contributed by atoms with Crippen LogP contribution >= 0.6 is 11.3 Å². The molecule has 0 bridgehead atoms. The molecule has 1 aromatic heterocycles. The molecule has 0 atom stereocenters. The molecule has 0 fully saturated rings. The minimum Gasteiger partial charge on any atom is -0.350 e. The number of thiazole rings is 1. The molecule has 1 heterocycles. The van der Waals surface area contributed by atoms with E-state index in [-0.39, 0.29) is 37.1 Å². The predicted molar refractivity (Wildman–Crippen MR) is 127 cm³/mol. The summed E-state index contributed by atoms with van der Waals surface area (Å²) in [4.78, 5) is 43.3. The fourth-order valence-corrected chi connectivity index (χ4v) is 3.78. The molecule has 0 saturated carbocycles. The van der Waals surface area contributed by atoms with Crippen LogP contribution in [0.5, 0.6) is 0 Å². The third-order valence-corrected chi connectivity index (χ3v) is 5.51. The monoisotopic (exact) mass is 450 g/mol. The summed E-state index contributed by atoms with van der Waals surface area (Å²) >= 11 is 1.31. The van der Waals surface area contributed by atoms with Crippen molar-refractivity contribution < 1.29 is 14.4 Å². The molecule has 2 N–H and O–H groups in total. The number of hydrogen-bond acceptors (Lipinski definition) is 5. The maximum absolute atomic E-state index is 13.1. The lowest BCUT2D eigenvalue weighted by molar-refractivity contribution is -0.125. The Hall–Kier alpha value is -3.52. The summed E-state index contributed by atoms with van der Waals surface area (Å²) in [5.74, 6) is -0.849. The Morgan fingerprint density at radius 1 is 1.00 bits per heavy atom. The number of carbonyl (C=O) groups excluding carboxylic acids is 3. The number of benzene rings is 2. The number of aromatic nitrogens is 1. The number of carbonyl (C=O) groups is 3. The Balaban J connectivity index is 1.66. The molecule has 8 heteroatoms. The van der Waals surface area contributed by atoms with Gasteiger partial charge < -0.3 is 15.5 Å². The maximum atomic E-state index is 13.1. The van der Waals surface area contributed by atoms with Crippen LogP contribution in [-0.2, 0) is 20.9 Å². The van der Waals surface area contributed by atoms with Gasteiger partial charge in [0.05, 0.1) is 0 Å². The van der Waals surface area contributed by atoms with Crippen LogP contribution in [0, 0.1) is 13.8 Å². The molecule has 0 aliphatic carbocycles. The summed E-state index contributed by atoms with van der Waals surface area (Å²) in [6.07, 6.45) is 1.59. The number of anilines is 2. The van der Waals surface area contributed by atoms with Gasteiger partial charge in [-0.2, -0.15) is 0 Å². The van der Waals surface area contributed by atoms with E-state index in [0.717, 1.165) is 16.7 Å². The topological polar surface area (TPSA) is 91.4 Å². The Morgan fingerprint density at radius 3 is 2.47 bits per heavy atom. The third-order valence-electron chi connectivity index (χ3n) is 4.82. The van der Waals surface area contributed by atoms with Crippen molar-refractivity contribution in [3.8, 4) is 0 Å². The molecule has 0 aliphatic rings. The molecule has 0 spiro atoms. The SMILES string of the molecule is Cc1ccc(N(CC(=O)NCc2ccccc2)C(=O)CCC(=O)Nc2nccs2)c(C)c1. The number of amides is 3. The number of nitrogens with zero attached hydrogens (tertiary/aromatic N) is 2. The van der Waals surface area contributed by atoms with Crippen molar-refractivity contribution in [2.45, 2.75) is 33.2 Å². The van der Waals surface area contributed by atoms with Crippen LogP contribution < -0.4 is 15.5 Å². The molecule has 3 aromatic rings. The summed E-state index contributed by atoms with van der Waals surface area (Å²) in [5, 5.41) is 7.79. The van der Waals surface area contributed by atoms with E-state index in [1.807, 2.05) is 62.4 Å². The Labute approximate surface area is 191 Å². The van der Waals surface area contributed by atoms with E-state index < -0.39 is 0 Å². The molecule has 0 saturated heterocycles. The van der Waals surface area contributed by atoms with Crippen molar-refractivity contribution >= 4 is 39.9 Å². The summed E-state index contributed by atoms with van der Waals surface area (Å²) in [6.45, 7) is 4.13. The highest BCUT2D eigenvalue weighted by molar-refractivity contribution is 7.13. The first-order valence-electron chi connectivity index (χ1n) is 10.3. The first kappa shape index (κ1) is 23.1. The van der Waals surface area contributed by atoms with Gasteiger partial charge in [-0.15, -0.1) is 11.3 Å². The van der Waals surface area contributed by atoms with Crippen molar-refractivity contribution in [1.29, 1.82) is 0 Å². The number of nitrogens with one attached hydrogen (secondary N) is 2. The van der Waals surface area contributed by atoms with Gasteiger partial charge in [-0.3, -0.25) is 14.4 Å². The van der Waals surface area contributed by atoms with Gasteiger partial charge in [-0.05, 0) is 31.0 Å². The van der Waals surface area contributed by atoms with Gasteiger partial charge in [-0.1, -0.05) is 48.0 Å². The van der Waals surface area contributed by atoms with Crippen molar-refractivity contribution in [3.05, 3.63) is 76.8 Å². The van der Waals surface area contributed by atoms with Gasteiger partial charge >= 0.3 is 0 Å². The van der Waals surface area contributed by atoms with E-state index in [0.29, 0.717) is 17.4 Å². The second-order valence-electron chi connectivity index (χ2n) is 7.42. The van der Waals surface area contributed by atoms with E-state index in [2.05, 4.69) is 15.6 Å². The summed E-state index contributed by atoms with van der Waals surface area (Å²) in [5.41, 5.74) is 3.59. The average molecular weight is 451 g/mol. The quantitative estimate of drug-likeness (QED) is 0.518. The summed E-state index contributed by atoms with van der Waals surface area (Å²) < 4.78 is 0. The molecular weight excluding hydrogens is 424 g/mol. The molecule has 2 aromatic carbocycles. The Kier molecular flexibility index (Phi) is 8.10. The van der Waals surface area contributed by atoms with Crippen LogP contribution in [0.25, 0.3) is 0 Å². The minimum atomic E-state index is -0.291.